The Kier molecular flexibility index (Phi) is 10.2. The molecule has 0 aliphatic carbocycles. The highest BCUT2D eigenvalue weighted by Crippen LogP contribution is 2.31. The summed E-state index contributed by atoms with van der Waals surface area (Å²) >= 11 is 12.3. The van der Waals surface area contributed by atoms with Gasteiger partial charge in [-0.3, -0.25) is 13.9 Å². The number of likely N-dealkylation sites (N-methyl/N-ethyl adjacent to an activating group) is 1. The molecule has 3 aromatic rings. The van der Waals surface area contributed by atoms with Crippen LogP contribution in [0.15, 0.2) is 71.6 Å². The first-order valence-electron chi connectivity index (χ1n) is 12.2. The highest BCUT2D eigenvalue weighted by Gasteiger charge is 2.32. The normalized spacial score (nSPS) is 11.9. The molecule has 0 spiro atoms. The molecule has 1 unspecified atom stereocenters. The molecule has 39 heavy (non-hydrogen) atoms. The SMILES string of the molecule is CCNC(=O)C(C)N(Cc1ccc(OC)cc1)C(=O)CN(c1ccc(Cl)c(Cl)c1)S(=O)(=O)c1ccc(C)cc1. The minimum atomic E-state index is -4.20. The van der Waals surface area contributed by atoms with Gasteiger partial charge >= 0.3 is 0 Å². The molecule has 1 N–H and O–H groups in total. The topological polar surface area (TPSA) is 96.0 Å². The number of benzene rings is 3. The lowest BCUT2D eigenvalue weighted by atomic mass is 10.1. The van der Waals surface area contributed by atoms with Gasteiger partial charge in [-0.1, -0.05) is 53.0 Å². The monoisotopic (exact) mass is 591 g/mol. The molecule has 0 radical (unpaired) electrons. The van der Waals surface area contributed by atoms with Crippen LogP contribution < -0.4 is 14.4 Å². The summed E-state index contributed by atoms with van der Waals surface area (Å²) in [5.74, 6) is -0.295. The zero-order valence-corrected chi connectivity index (χ0v) is 24.5. The standard InChI is InChI=1S/C28H31Cl2N3O5S/c1-5-31-28(35)20(3)32(17-21-8-11-23(38-4)12-9-21)27(34)18-33(22-10-15-25(29)26(30)16-22)39(36,37)24-13-6-19(2)7-14-24/h6-16,20H,5,17-18H2,1-4H3,(H,31,35). The summed E-state index contributed by atoms with van der Waals surface area (Å²) in [6.07, 6.45) is 0. The Morgan fingerprint density at radius 3 is 2.18 bits per heavy atom. The molecule has 1 atom stereocenters. The molecule has 0 aliphatic rings. The lowest BCUT2D eigenvalue weighted by Gasteiger charge is -2.32. The van der Waals surface area contributed by atoms with Gasteiger partial charge in [-0.05, 0) is 68.8 Å². The van der Waals surface area contributed by atoms with E-state index in [-0.39, 0.29) is 33.1 Å². The molecule has 0 bridgehead atoms. The molecular formula is C28H31Cl2N3O5S. The Morgan fingerprint density at radius 2 is 1.62 bits per heavy atom. The Morgan fingerprint density at radius 1 is 0.974 bits per heavy atom. The fourth-order valence-electron chi connectivity index (χ4n) is 3.84. The maximum atomic E-state index is 13.8. The van der Waals surface area contributed by atoms with Crippen LogP contribution in [0.4, 0.5) is 5.69 Å². The van der Waals surface area contributed by atoms with Crippen molar-refractivity contribution in [2.24, 2.45) is 0 Å². The zero-order valence-electron chi connectivity index (χ0n) is 22.1. The zero-order chi connectivity index (χ0) is 28.7. The van der Waals surface area contributed by atoms with Gasteiger partial charge in [0.15, 0.2) is 0 Å². The van der Waals surface area contributed by atoms with Gasteiger partial charge in [-0.15, -0.1) is 0 Å². The van der Waals surface area contributed by atoms with Gasteiger partial charge < -0.3 is 15.0 Å². The molecule has 0 saturated heterocycles. The molecule has 0 aromatic heterocycles. The van der Waals surface area contributed by atoms with Crippen LogP contribution >= 0.6 is 23.2 Å². The summed E-state index contributed by atoms with van der Waals surface area (Å²) in [5, 5.41) is 3.10. The van der Waals surface area contributed by atoms with Crippen molar-refractivity contribution in [3.8, 4) is 5.75 Å². The molecular weight excluding hydrogens is 561 g/mol. The number of nitrogens with zero attached hydrogens (tertiary/aromatic N) is 2. The van der Waals surface area contributed by atoms with Crippen molar-refractivity contribution in [1.82, 2.24) is 10.2 Å². The number of nitrogens with one attached hydrogen (secondary N) is 1. The number of halogens is 2. The number of sulfonamides is 1. The van der Waals surface area contributed by atoms with E-state index < -0.39 is 28.5 Å². The van der Waals surface area contributed by atoms with E-state index in [2.05, 4.69) is 5.32 Å². The first-order valence-corrected chi connectivity index (χ1v) is 14.4. The average Bonchev–Trinajstić information content (AvgIpc) is 2.92. The second-order valence-electron chi connectivity index (χ2n) is 8.86. The van der Waals surface area contributed by atoms with Crippen LogP contribution in [0.25, 0.3) is 0 Å². The largest absolute Gasteiger partial charge is 0.497 e. The maximum absolute atomic E-state index is 13.8. The van der Waals surface area contributed by atoms with Crippen LogP contribution in [0.5, 0.6) is 5.75 Å². The molecule has 3 aromatic carbocycles. The Hall–Kier alpha value is -3.27. The van der Waals surface area contributed by atoms with Crippen molar-refractivity contribution in [2.45, 2.75) is 38.3 Å². The van der Waals surface area contributed by atoms with E-state index in [9.17, 15) is 18.0 Å². The van der Waals surface area contributed by atoms with E-state index in [0.717, 1.165) is 15.4 Å². The van der Waals surface area contributed by atoms with E-state index in [4.69, 9.17) is 27.9 Å². The second-order valence-corrected chi connectivity index (χ2v) is 11.5. The minimum absolute atomic E-state index is 0.00505. The number of hydrogen-bond acceptors (Lipinski definition) is 5. The highest BCUT2D eigenvalue weighted by molar-refractivity contribution is 7.92. The second kappa shape index (κ2) is 13.2. The number of amides is 2. The maximum Gasteiger partial charge on any atom is 0.264 e. The van der Waals surface area contributed by atoms with Gasteiger partial charge in [0.1, 0.15) is 18.3 Å². The number of ether oxygens (including phenoxy) is 1. The van der Waals surface area contributed by atoms with E-state index in [1.54, 1.807) is 57.4 Å². The lowest BCUT2D eigenvalue weighted by Crippen LogP contribution is -2.51. The summed E-state index contributed by atoms with van der Waals surface area (Å²) < 4.78 is 33.8. The fourth-order valence-corrected chi connectivity index (χ4v) is 5.54. The smallest absolute Gasteiger partial charge is 0.264 e. The number of aryl methyl sites for hydroxylation is 1. The van der Waals surface area contributed by atoms with Gasteiger partial charge in [-0.2, -0.15) is 0 Å². The molecule has 11 heteroatoms. The lowest BCUT2D eigenvalue weighted by molar-refractivity contribution is -0.139. The van der Waals surface area contributed by atoms with Crippen LogP contribution in [0.2, 0.25) is 10.0 Å². The van der Waals surface area contributed by atoms with Gasteiger partial charge in [0.25, 0.3) is 10.0 Å². The minimum Gasteiger partial charge on any atom is -0.497 e. The van der Waals surface area contributed by atoms with Crippen molar-refractivity contribution in [1.29, 1.82) is 0 Å². The predicted molar refractivity (Wildman–Crippen MR) is 154 cm³/mol. The summed E-state index contributed by atoms with van der Waals surface area (Å²) in [7, 11) is -2.65. The van der Waals surface area contributed by atoms with Crippen molar-refractivity contribution in [2.75, 3.05) is 24.5 Å². The Labute approximate surface area is 239 Å². The number of carbonyl (C=O) groups is 2. The third-order valence-corrected chi connectivity index (χ3v) is 8.64. The van der Waals surface area contributed by atoms with E-state index in [1.807, 2.05) is 6.92 Å². The van der Waals surface area contributed by atoms with Crippen LogP contribution in [-0.4, -0.2) is 51.4 Å². The number of hydrogen-bond donors (Lipinski definition) is 1. The number of methoxy groups -OCH3 is 1. The number of carbonyl (C=O) groups excluding carboxylic acids is 2. The van der Waals surface area contributed by atoms with Crippen LogP contribution in [0, 0.1) is 6.92 Å². The highest BCUT2D eigenvalue weighted by atomic mass is 35.5. The molecule has 0 saturated carbocycles. The summed E-state index contributed by atoms with van der Waals surface area (Å²) in [4.78, 5) is 28.0. The fraction of sp³-hybridized carbons (Fsp3) is 0.286. The van der Waals surface area contributed by atoms with Gasteiger partial charge in [0.2, 0.25) is 11.8 Å². The molecule has 0 aliphatic heterocycles. The quantitative estimate of drug-likeness (QED) is 0.336. The Balaban J connectivity index is 2.04. The van der Waals surface area contributed by atoms with Crippen molar-refractivity contribution < 1.29 is 22.7 Å². The number of rotatable bonds is 11. The molecule has 2 amide bonds. The van der Waals surface area contributed by atoms with Gasteiger partial charge in [0.05, 0.1) is 27.7 Å². The van der Waals surface area contributed by atoms with Gasteiger partial charge in [0, 0.05) is 13.1 Å². The van der Waals surface area contributed by atoms with E-state index >= 15 is 0 Å². The van der Waals surface area contributed by atoms with Gasteiger partial charge in [-0.25, -0.2) is 8.42 Å². The van der Waals surface area contributed by atoms with E-state index in [0.29, 0.717) is 12.3 Å². The number of anilines is 1. The van der Waals surface area contributed by atoms with Crippen LogP contribution in [0.3, 0.4) is 0 Å². The molecule has 3 rings (SSSR count). The third-order valence-electron chi connectivity index (χ3n) is 6.11. The molecule has 8 nitrogen and oxygen atoms in total. The first-order chi connectivity index (χ1) is 18.5. The van der Waals surface area contributed by atoms with Crippen molar-refractivity contribution in [3.63, 3.8) is 0 Å². The van der Waals surface area contributed by atoms with Crippen molar-refractivity contribution >= 4 is 50.7 Å². The predicted octanol–water partition coefficient (Wildman–Crippen LogP) is 5.06. The summed E-state index contributed by atoms with van der Waals surface area (Å²) in [6.45, 7) is 5.10. The van der Waals surface area contributed by atoms with Crippen LogP contribution in [-0.2, 0) is 26.2 Å². The molecule has 0 fully saturated rings. The Bertz CT molecular complexity index is 1410. The molecule has 0 heterocycles. The van der Waals surface area contributed by atoms with E-state index in [1.165, 1.54) is 35.2 Å². The third kappa shape index (κ3) is 7.44. The van der Waals surface area contributed by atoms with Crippen LogP contribution in [0.1, 0.15) is 25.0 Å². The average molecular weight is 593 g/mol. The first kappa shape index (κ1) is 30.3. The summed E-state index contributed by atoms with van der Waals surface area (Å²) in [6, 6.07) is 16.8. The molecule has 208 valence electrons. The van der Waals surface area contributed by atoms with Crippen molar-refractivity contribution in [3.05, 3.63) is 87.9 Å². The summed E-state index contributed by atoms with van der Waals surface area (Å²) in [5.41, 5.74) is 1.78.